The molecule has 21 heavy (non-hydrogen) atoms. The van der Waals surface area contributed by atoms with Gasteiger partial charge < -0.3 is 0 Å². The molecule has 1 fully saturated rings. The molecular weight excluding hydrogens is 288 g/mol. The van der Waals surface area contributed by atoms with E-state index in [-0.39, 0.29) is 17.0 Å². The predicted octanol–water partition coefficient (Wildman–Crippen LogP) is 2.13. The molecule has 116 valence electrons. The van der Waals surface area contributed by atoms with Crippen LogP contribution in [0.4, 0.5) is 0 Å². The van der Waals surface area contributed by atoms with Gasteiger partial charge in [-0.3, -0.25) is 4.79 Å². The Kier molecular flexibility index (Phi) is 4.76. The normalized spacial score (nSPS) is 23.0. The molecule has 5 nitrogen and oxygen atoms in total. The second-order valence-corrected chi connectivity index (χ2v) is 8.20. The van der Waals surface area contributed by atoms with E-state index >= 15 is 0 Å². The molecule has 2 rings (SSSR count). The van der Waals surface area contributed by atoms with Gasteiger partial charge in [-0.1, -0.05) is 13.3 Å². The highest BCUT2D eigenvalue weighted by Crippen LogP contribution is 2.31. The quantitative estimate of drug-likeness (QED) is 0.796. The Morgan fingerprint density at radius 1 is 1.33 bits per heavy atom. The van der Waals surface area contributed by atoms with Crippen molar-refractivity contribution in [2.24, 2.45) is 5.92 Å². The van der Waals surface area contributed by atoms with Gasteiger partial charge in [0.15, 0.2) is 5.78 Å². The zero-order chi connectivity index (χ0) is 15.6. The van der Waals surface area contributed by atoms with E-state index in [9.17, 15) is 13.2 Å². The fourth-order valence-corrected chi connectivity index (χ4v) is 4.16. The van der Waals surface area contributed by atoms with Crippen LogP contribution in [0.3, 0.4) is 0 Å². The first kappa shape index (κ1) is 16.1. The second-order valence-electron chi connectivity index (χ2n) is 5.88. The molecule has 1 aliphatic carbocycles. The minimum absolute atomic E-state index is 0.0261. The number of aryl methyl sites for hydroxylation is 2. The number of aromatic nitrogens is 2. The molecule has 0 bridgehead atoms. The summed E-state index contributed by atoms with van der Waals surface area (Å²) in [4.78, 5) is 12.7. The third kappa shape index (κ3) is 3.67. The first-order valence-electron chi connectivity index (χ1n) is 7.39. The van der Waals surface area contributed by atoms with Gasteiger partial charge in [0, 0.05) is 17.7 Å². The molecule has 0 aliphatic heterocycles. The van der Waals surface area contributed by atoms with Crippen LogP contribution in [0, 0.1) is 12.8 Å². The zero-order valence-corrected chi connectivity index (χ0v) is 13.6. The SMILES string of the molecule is CCc1nnc(C)cc1C(=O)C1CCCC(S(C)(=O)=O)C1. The monoisotopic (exact) mass is 310 g/mol. The molecule has 1 heterocycles. The Bertz CT molecular complexity index is 640. The number of ketones is 1. The number of Topliss-reactive ketones (excluding diaryl/α,β-unsaturated/α-hetero) is 1. The number of carbonyl (C=O) groups is 1. The van der Waals surface area contributed by atoms with Gasteiger partial charge in [-0.2, -0.15) is 10.2 Å². The van der Waals surface area contributed by atoms with Gasteiger partial charge in [0.25, 0.3) is 0 Å². The van der Waals surface area contributed by atoms with Gasteiger partial charge in [-0.05, 0) is 38.7 Å². The Balaban J connectivity index is 2.26. The lowest BCUT2D eigenvalue weighted by atomic mass is 9.83. The first-order chi connectivity index (χ1) is 9.82. The number of sulfone groups is 1. The van der Waals surface area contributed by atoms with E-state index in [1.54, 1.807) is 6.07 Å². The molecule has 1 saturated carbocycles. The van der Waals surface area contributed by atoms with Crippen LogP contribution in [0.1, 0.15) is 54.4 Å². The molecule has 0 radical (unpaired) electrons. The van der Waals surface area contributed by atoms with Crippen molar-refractivity contribution in [3.63, 3.8) is 0 Å². The number of carbonyl (C=O) groups excluding carboxylic acids is 1. The summed E-state index contributed by atoms with van der Waals surface area (Å²) in [5.74, 6) is -0.189. The zero-order valence-electron chi connectivity index (χ0n) is 12.8. The predicted molar refractivity (Wildman–Crippen MR) is 81.1 cm³/mol. The Hall–Kier alpha value is -1.30. The van der Waals surface area contributed by atoms with Crippen molar-refractivity contribution in [2.45, 2.75) is 51.2 Å². The second kappa shape index (κ2) is 6.22. The molecule has 0 spiro atoms. The Morgan fingerprint density at radius 3 is 2.67 bits per heavy atom. The molecule has 1 aromatic rings. The van der Waals surface area contributed by atoms with Gasteiger partial charge in [-0.15, -0.1) is 0 Å². The highest BCUT2D eigenvalue weighted by atomic mass is 32.2. The molecule has 6 heteroatoms. The largest absolute Gasteiger partial charge is 0.294 e. The van der Waals surface area contributed by atoms with E-state index in [1.165, 1.54) is 6.26 Å². The van der Waals surface area contributed by atoms with Crippen LogP contribution < -0.4 is 0 Å². The maximum absolute atomic E-state index is 12.7. The lowest BCUT2D eigenvalue weighted by molar-refractivity contribution is 0.0889. The molecule has 0 amide bonds. The van der Waals surface area contributed by atoms with E-state index in [4.69, 9.17) is 0 Å². The van der Waals surface area contributed by atoms with Crippen LogP contribution in [-0.4, -0.2) is 35.9 Å². The average molecular weight is 310 g/mol. The van der Waals surface area contributed by atoms with E-state index in [0.29, 0.717) is 36.2 Å². The van der Waals surface area contributed by atoms with E-state index in [0.717, 1.165) is 12.8 Å². The van der Waals surface area contributed by atoms with E-state index in [2.05, 4.69) is 10.2 Å². The van der Waals surface area contributed by atoms with Gasteiger partial charge in [-0.25, -0.2) is 8.42 Å². The molecule has 0 aromatic carbocycles. The molecular formula is C15H22N2O3S. The van der Waals surface area contributed by atoms with Crippen LogP contribution >= 0.6 is 0 Å². The maximum atomic E-state index is 12.7. The summed E-state index contributed by atoms with van der Waals surface area (Å²) in [5, 5.41) is 7.70. The highest BCUT2D eigenvalue weighted by Gasteiger charge is 2.33. The van der Waals surface area contributed by atoms with Crippen LogP contribution in [0.2, 0.25) is 0 Å². The van der Waals surface area contributed by atoms with Gasteiger partial charge in [0.05, 0.1) is 16.6 Å². The summed E-state index contributed by atoms with van der Waals surface area (Å²) < 4.78 is 23.5. The fourth-order valence-electron chi connectivity index (χ4n) is 2.98. The lowest BCUT2D eigenvalue weighted by Crippen LogP contribution is -2.31. The van der Waals surface area contributed by atoms with Gasteiger partial charge in [0.2, 0.25) is 0 Å². The Labute approximate surface area is 126 Å². The standard InChI is InChI=1S/C15H22N2O3S/c1-4-14-13(8-10(2)16-17-14)15(18)11-6-5-7-12(9-11)21(3,19)20/h8,11-12H,4-7,9H2,1-3H3. The average Bonchev–Trinajstić information content (AvgIpc) is 2.45. The molecule has 0 N–H and O–H groups in total. The summed E-state index contributed by atoms with van der Waals surface area (Å²) in [6.07, 6.45) is 4.55. The van der Waals surface area contributed by atoms with E-state index in [1.807, 2.05) is 13.8 Å². The number of hydrogen-bond acceptors (Lipinski definition) is 5. The number of rotatable bonds is 4. The van der Waals surface area contributed by atoms with Crippen molar-refractivity contribution >= 4 is 15.6 Å². The fraction of sp³-hybridized carbons (Fsp3) is 0.667. The van der Waals surface area contributed by atoms with Crippen LogP contribution in [-0.2, 0) is 16.3 Å². The van der Waals surface area contributed by atoms with Gasteiger partial charge in [0.1, 0.15) is 9.84 Å². The maximum Gasteiger partial charge on any atom is 0.167 e. The summed E-state index contributed by atoms with van der Waals surface area (Å²) in [6.45, 7) is 3.75. The third-order valence-corrected chi connectivity index (χ3v) is 5.83. The Morgan fingerprint density at radius 2 is 2.05 bits per heavy atom. The first-order valence-corrected chi connectivity index (χ1v) is 9.34. The van der Waals surface area contributed by atoms with Crippen LogP contribution in [0.15, 0.2) is 6.07 Å². The summed E-state index contributed by atoms with van der Waals surface area (Å²) in [5.41, 5.74) is 2.03. The van der Waals surface area contributed by atoms with Crippen molar-refractivity contribution in [3.8, 4) is 0 Å². The lowest BCUT2D eigenvalue weighted by Gasteiger charge is -2.27. The minimum atomic E-state index is -3.08. The minimum Gasteiger partial charge on any atom is -0.294 e. The summed E-state index contributed by atoms with van der Waals surface area (Å²) in [6, 6.07) is 1.78. The third-order valence-electron chi connectivity index (χ3n) is 4.20. The molecule has 1 aromatic heterocycles. The van der Waals surface area contributed by atoms with Crippen LogP contribution in [0.25, 0.3) is 0 Å². The molecule has 1 aliphatic rings. The van der Waals surface area contributed by atoms with Gasteiger partial charge >= 0.3 is 0 Å². The van der Waals surface area contributed by atoms with Crippen molar-refractivity contribution in [2.75, 3.05) is 6.26 Å². The summed E-state index contributed by atoms with van der Waals surface area (Å²) >= 11 is 0. The highest BCUT2D eigenvalue weighted by molar-refractivity contribution is 7.91. The summed E-state index contributed by atoms with van der Waals surface area (Å²) in [7, 11) is -3.08. The van der Waals surface area contributed by atoms with Crippen molar-refractivity contribution in [3.05, 3.63) is 23.0 Å². The van der Waals surface area contributed by atoms with Crippen molar-refractivity contribution in [1.82, 2.24) is 10.2 Å². The molecule has 2 unspecified atom stereocenters. The molecule has 2 atom stereocenters. The molecule has 0 saturated heterocycles. The number of hydrogen-bond donors (Lipinski definition) is 0. The number of nitrogens with zero attached hydrogens (tertiary/aromatic N) is 2. The van der Waals surface area contributed by atoms with E-state index < -0.39 is 9.84 Å². The smallest absolute Gasteiger partial charge is 0.167 e. The van der Waals surface area contributed by atoms with Crippen molar-refractivity contribution in [1.29, 1.82) is 0 Å². The topological polar surface area (TPSA) is 77.0 Å². The van der Waals surface area contributed by atoms with Crippen LogP contribution in [0.5, 0.6) is 0 Å². The van der Waals surface area contributed by atoms with Crippen molar-refractivity contribution < 1.29 is 13.2 Å².